The van der Waals surface area contributed by atoms with Gasteiger partial charge in [-0.2, -0.15) is 0 Å². The van der Waals surface area contributed by atoms with Crippen LogP contribution in [0.15, 0.2) is 18.2 Å². The van der Waals surface area contributed by atoms with Gasteiger partial charge >= 0.3 is 0 Å². The molecule has 2 rings (SSSR count). The first-order valence-corrected chi connectivity index (χ1v) is 6.81. The lowest BCUT2D eigenvalue weighted by atomic mass is 10.0. The van der Waals surface area contributed by atoms with Gasteiger partial charge in [0.1, 0.15) is 0 Å². The number of nitrogens with one attached hydrogen (secondary N) is 2. The largest absolute Gasteiger partial charge is 0.336 e. The Morgan fingerprint density at radius 1 is 1.29 bits per heavy atom. The molecule has 1 aliphatic rings. The fraction of sp³-hybridized carbons (Fsp3) is 0.467. The molecule has 1 heterocycles. The van der Waals surface area contributed by atoms with Gasteiger partial charge in [0.05, 0.1) is 12.5 Å². The first-order chi connectivity index (χ1) is 9.49. The van der Waals surface area contributed by atoms with Crippen LogP contribution in [0, 0.1) is 19.8 Å². The van der Waals surface area contributed by atoms with E-state index in [0.717, 1.165) is 16.8 Å². The summed E-state index contributed by atoms with van der Waals surface area (Å²) in [5.41, 5.74) is 2.88. The third-order valence-electron chi connectivity index (χ3n) is 3.63. The minimum atomic E-state index is -0.162. The van der Waals surface area contributed by atoms with Crippen LogP contribution in [-0.4, -0.2) is 43.4 Å². The number of nitrogens with zero attached hydrogens (tertiary/aromatic N) is 1. The highest BCUT2D eigenvalue weighted by molar-refractivity contribution is 5.96. The molecule has 1 aromatic carbocycles. The van der Waals surface area contributed by atoms with Crippen LogP contribution in [0.2, 0.25) is 0 Å². The van der Waals surface area contributed by atoms with Gasteiger partial charge in [0.25, 0.3) is 0 Å². The van der Waals surface area contributed by atoms with Crippen LogP contribution in [0.4, 0.5) is 5.69 Å². The average molecular weight is 312 g/mol. The molecule has 1 fully saturated rings. The van der Waals surface area contributed by atoms with Gasteiger partial charge in [-0.15, -0.1) is 12.4 Å². The molecule has 1 aromatic rings. The number of hydrogen-bond acceptors (Lipinski definition) is 3. The Morgan fingerprint density at radius 2 is 1.86 bits per heavy atom. The van der Waals surface area contributed by atoms with Gasteiger partial charge in [0, 0.05) is 25.8 Å². The zero-order valence-corrected chi connectivity index (χ0v) is 13.4. The average Bonchev–Trinajstić information content (AvgIpc) is 2.31. The van der Waals surface area contributed by atoms with Crippen LogP contribution < -0.4 is 10.6 Å². The van der Waals surface area contributed by atoms with Gasteiger partial charge in [-0.3, -0.25) is 9.59 Å². The number of carbonyl (C=O) groups excluding carboxylic acids is 2. The number of aryl methyl sites for hydroxylation is 2. The van der Waals surface area contributed by atoms with Crippen molar-refractivity contribution in [1.82, 2.24) is 10.2 Å². The summed E-state index contributed by atoms with van der Waals surface area (Å²) < 4.78 is 0. The number of rotatable bonds is 4. The predicted octanol–water partition coefficient (Wildman–Crippen LogP) is 1.34. The minimum absolute atomic E-state index is 0. The monoisotopic (exact) mass is 311 g/mol. The normalized spacial score (nSPS) is 13.9. The lowest BCUT2D eigenvalue weighted by molar-refractivity contribution is -0.138. The number of anilines is 1. The third-order valence-corrected chi connectivity index (χ3v) is 3.63. The molecule has 0 aliphatic carbocycles. The number of para-hydroxylation sites is 1. The Labute approximate surface area is 131 Å². The van der Waals surface area contributed by atoms with E-state index in [9.17, 15) is 9.59 Å². The Hall–Kier alpha value is -1.59. The van der Waals surface area contributed by atoms with Crippen molar-refractivity contribution in [2.45, 2.75) is 13.8 Å². The molecule has 0 aromatic heterocycles. The Morgan fingerprint density at radius 3 is 2.33 bits per heavy atom. The smallest absolute Gasteiger partial charge is 0.243 e. The minimum Gasteiger partial charge on any atom is -0.336 e. The van der Waals surface area contributed by atoms with Crippen LogP contribution in [-0.2, 0) is 9.59 Å². The maximum Gasteiger partial charge on any atom is 0.243 e. The molecule has 21 heavy (non-hydrogen) atoms. The number of hydrogen-bond donors (Lipinski definition) is 2. The quantitative estimate of drug-likeness (QED) is 0.882. The highest BCUT2D eigenvalue weighted by atomic mass is 35.5. The van der Waals surface area contributed by atoms with Gasteiger partial charge in [-0.25, -0.2) is 0 Å². The fourth-order valence-electron chi connectivity index (χ4n) is 2.26. The summed E-state index contributed by atoms with van der Waals surface area (Å²) in [6.45, 7) is 5.42. The summed E-state index contributed by atoms with van der Waals surface area (Å²) >= 11 is 0. The molecular weight excluding hydrogens is 290 g/mol. The number of amides is 2. The maximum absolute atomic E-state index is 12.0. The highest BCUT2D eigenvalue weighted by Crippen LogP contribution is 2.19. The van der Waals surface area contributed by atoms with E-state index in [2.05, 4.69) is 10.6 Å². The van der Waals surface area contributed by atoms with Gasteiger partial charge in [0.2, 0.25) is 11.8 Å². The molecule has 1 aliphatic heterocycles. The lowest BCUT2D eigenvalue weighted by Crippen LogP contribution is -2.52. The van der Waals surface area contributed by atoms with Gasteiger partial charge in [-0.05, 0) is 25.0 Å². The molecule has 116 valence electrons. The van der Waals surface area contributed by atoms with Crippen molar-refractivity contribution in [3.8, 4) is 0 Å². The van der Waals surface area contributed by atoms with E-state index >= 15 is 0 Å². The SMILES string of the molecule is Cc1cccc(C)c1NC(=O)CN(C)C(=O)C1CNC1.Cl. The molecule has 0 radical (unpaired) electrons. The third kappa shape index (κ3) is 4.19. The van der Waals surface area contributed by atoms with Gasteiger partial charge < -0.3 is 15.5 Å². The van der Waals surface area contributed by atoms with E-state index in [4.69, 9.17) is 0 Å². The van der Waals surface area contributed by atoms with E-state index in [1.54, 1.807) is 7.05 Å². The highest BCUT2D eigenvalue weighted by Gasteiger charge is 2.28. The molecule has 2 amide bonds. The zero-order valence-electron chi connectivity index (χ0n) is 12.6. The van der Waals surface area contributed by atoms with Crippen LogP contribution in [0.5, 0.6) is 0 Å². The fourth-order valence-corrected chi connectivity index (χ4v) is 2.26. The van der Waals surface area contributed by atoms with Crippen LogP contribution in [0.3, 0.4) is 0 Å². The van der Waals surface area contributed by atoms with Crippen molar-refractivity contribution in [3.05, 3.63) is 29.3 Å². The topological polar surface area (TPSA) is 61.4 Å². The second-order valence-corrected chi connectivity index (χ2v) is 5.36. The van der Waals surface area contributed by atoms with Crippen LogP contribution in [0.1, 0.15) is 11.1 Å². The molecule has 6 heteroatoms. The molecular formula is C15H22ClN3O2. The van der Waals surface area contributed by atoms with Crippen molar-refractivity contribution >= 4 is 29.9 Å². The molecule has 0 bridgehead atoms. The van der Waals surface area contributed by atoms with E-state index in [-0.39, 0.29) is 36.7 Å². The summed E-state index contributed by atoms with van der Waals surface area (Å²) in [6, 6.07) is 5.87. The molecule has 0 saturated carbocycles. The molecule has 0 unspecified atom stereocenters. The van der Waals surface area contributed by atoms with Crippen molar-refractivity contribution in [2.75, 3.05) is 32.0 Å². The summed E-state index contributed by atoms with van der Waals surface area (Å²) in [5.74, 6) is -0.112. The van der Waals surface area contributed by atoms with Crippen molar-refractivity contribution in [2.24, 2.45) is 5.92 Å². The Balaban J connectivity index is 0.00000220. The van der Waals surface area contributed by atoms with E-state index in [1.807, 2.05) is 32.0 Å². The zero-order chi connectivity index (χ0) is 14.7. The predicted molar refractivity (Wildman–Crippen MR) is 85.8 cm³/mol. The van der Waals surface area contributed by atoms with Crippen molar-refractivity contribution in [1.29, 1.82) is 0 Å². The number of carbonyl (C=O) groups is 2. The lowest BCUT2D eigenvalue weighted by Gasteiger charge is -2.30. The summed E-state index contributed by atoms with van der Waals surface area (Å²) in [4.78, 5) is 25.5. The van der Waals surface area contributed by atoms with Gasteiger partial charge in [0.15, 0.2) is 0 Å². The molecule has 5 nitrogen and oxygen atoms in total. The summed E-state index contributed by atoms with van der Waals surface area (Å²) in [5, 5.41) is 5.95. The molecule has 1 saturated heterocycles. The van der Waals surface area contributed by atoms with Crippen molar-refractivity contribution < 1.29 is 9.59 Å². The standard InChI is InChI=1S/C15H21N3O2.ClH/c1-10-5-4-6-11(2)14(10)17-13(19)9-18(3)15(20)12-7-16-8-12;/h4-6,12,16H,7-9H2,1-3H3,(H,17,19);1H. The molecule has 0 atom stereocenters. The van der Waals surface area contributed by atoms with Crippen LogP contribution >= 0.6 is 12.4 Å². The number of halogens is 1. The second-order valence-electron chi connectivity index (χ2n) is 5.36. The Bertz CT molecular complexity index is 509. The van der Waals surface area contributed by atoms with Crippen LogP contribution in [0.25, 0.3) is 0 Å². The Kier molecular flexibility index (Phi) is 6.18. The first-order valence-electron chi connectivity index (χ1n) is 6.81. The number of likely N-dealkylation sites (N-methyl/N-ethyl adjacent to an activating group) is 1. The molecule has 0 spiro atoms. The summed E-state index contributed by atoms with van der Waals surface area (Å²) in [7, 11) is 1.67. The first kappa shape index (κ1) is 17.5. The molecule has 2 N–H and O–H groups in total. The van der Waals surface area contributed by atoms with E-state index < -0.39 is 0 Å². The number of benzene rings is 1. The second kappa shape index (κ2) is 7.43. The summed E-state index contributed by atoms with van der Waals surface area (Å²) in [6.07, 6.45) is 0. The van der Waals surface area contributed by atoms with Gasteiger partial charge in [-0.1, -0.05) is 18.2 Å². The van der Waals surface area contributed by atoms with Crippen molar-refractivity contribution in [3.63, 3.8) is 0 Å². The van der Waals surface area contributed by atoms with E-state index in [0.29, 0.717) is 13.1 Å². The van der Waals surface area contributed by atoms with E-state index in [1.165, 1.54) is 4.90 Å². The maximum atomic E-state index is 12.0.